The minimum Gasteiger partial charge on any atom is -0.493 e. The molecular weight excluding hydrogens is 280 g/mol. The van der Waals surface area contributed by atoms with Crippen molar-refractivity contribution in [3.05, 3.63) is 53.6 Å². The van der Waals surface area contributed by atoms with E-state index in [1.807, 2.05) is 30.3 Å². The van der Waals surface area contributed by atoms with Gasteiger partial charge in [-0.05, 0) is 11.6 Å². The Morgan fingerprint density at radius 2 is 1.68 bits per heavy atom. The molecule has 1 heterocycles. The van der Waals surface area contributed by atoms with Gasteiger partial charge >= 0.3 is 0 Å². The number of nitrogens with one attached hydrogen (secondary N) is 1. The lowest BCUT2D eigenvalue weighted by atomic mass is 10.0. The molecule has 0 aliphatic carbocycles. The Labute approximate surface area is 129 Å². The summed E-state index contributed by atoms with van der Waals surface area (Å²) in [6.07, 6.45) is -0.209. The fourth-order valence-corrected chi connectivity index (χ4v) is 2.67. The molecule has 22 heavy (non-hydrogen) atoms. The Balaban J connectivity index is 2.06. The Morgan fingerprint density at radius 3 is 2.32 bits per heavy atom. The summed E-state index contributed by atoms with van der Waals surface area (Å²) < 4.78 is 10.6. The number of benzene rings is 2. The minimum atomic E-state index is -0.209. The number of amides is 1. The first-order valence-corrected chi connectivity index (χ1v) is 7.00. The van der Waals surface area contributed by atoms with Crippen LogP contribution in [0.25, 0.3) is 0 Å². The van der Waals surface area contributed by atoms with Crippen molar-refractivity contribution in [3.63, 3.8) is 0 Å². The maximum atomic E-state index is 12.7. The van der Waals surface area contributed by atoms with Crippen molar-refractivity contribution < 1.29 is 14.3 Å². The van der Waals surface area contributed by atoms with Gasteiger partial charge in [0.1, 0.15) is 6.17 Å². The van der Waals surface area contributed by atoms with E-state index in [2.05, 4.69) is 5.32 Å². The second-order valence-electron chi connectivity index (χ2n) is 5.13. The molecule has 0 saturated heterocycles. The predicted molar refractivity (Wildman–Crippen MR) is 84.4 cm³/mol. The zero-order chi connectivity index (χ0) is 15.7. The molecule has 0 spiro atoms. The number of carbonyl (C=O) groups is 1. The first kappa shape index (κ1) is 14.3. The molecule has 0 radical (unpaired) electrons. The highest BCUT2D eigenvalue weighted by Gasteiger charge is 2.31. The zero-order valence-corrected chi connectivity index (χ0v) is 12.8. The van der Waals surface area contributed by atoms with Gasteiger partial charge in [0.25, 0.3) is 5.91 Å². The van der Waals surface area contributed by atoms with E-state index in [9.17, 15) is 4.79 Å². The van der Waals surface area contributed by atoms with Crippen LogP contribution in [0.15, 0.2) is 42.5 Å². The summed E-state index contributed by atoms with van der Waals surface area (Å²) in [6.45, 7) is 0. The summed E-state index contributed by atoms with van der Waals surface area (Å²) in [5.41, 5.74) is 2.35. The summed E-state index contributed by atoms with van der Waals surface area (Å²) >= 11 is 0. The van der Waals surface area contributed by atoms with Crippen molar-refractivity contribution in [2.24, 2.45) is 0 Å². The number of ether oxygens (including phenoxy) is 2. The van der Waals surface area contributed by atoms with Crippen molar-refractivity contribution in [1.29, 1.82) is 0 Å². The molecule has 5 heteroatoms. The molecule has 0 saturated carbocycles. The van der Waals surface area contributed by atoms with E-state index in [0.717, 1.165) is 11.3 Å². The molecule has 2 aromatic carbocycles. The highest BCUT2D eigenvalue weighted by molar-refractivity contribution is 6.02. The van der Waals surface area contributed by atoms with Gasteiger partial charge in [-0.15, -0.1) is 0 Å². The SMILES string of the molecule is COc1cc2c(cc1OC)C(=O)N(C)C(c1ccccc1)N2. The third-order valence-electron chi connectivity index (χ3n) is 3.87. The maximum Gasteiger partial charge on any atom is 0.257 e. The zero-order valence-electron chi connectivity index (χ0n) is 12.8. The van der Waals surface area contributed by atoms with Crippen LogP contribution in [-0.4, -0.2) is 32.1 Å². The summed E-state index contributed by atoms with van der Waals surface area (Å²) in [5, 5.41) is 3.39. The van der Waals surface area contributed by atoms with Crippen molar-refractivity contribution in [1.82, 2.24) is 4.90 Å². The van der Waals surface area contributed by atoms with Gasteiger partial charge in [-0.2, -0.15) is 0 Å². The van der Waals surface area contributed by atoms with E-state index in [-0.39, 0.29) is 12.1 Å². The monoisotopic (exact) mass is 298 g/mol. The van der Waals surface area contributed by atoms with Crippen LogP contribution in [0.5, 0.6) is 11.5 Å². The van der Waals surface area contributed by atoms with Crippen LogP contribution in [0, 0.1) is 0 Å². The molecule has 2 aromatic rings. The summed E-state index contributed by atoms with van der Waals surface area (Å²) in [5.74, 6) is 1.09. The van der Waals surface area contributed by atoms with Gasteiger partial charge in [-0.3, -0.25) is 4.79 Å². The lowest BCUT2D eigenvalue weighted by Gasteiger charge is -2.36. The second-order valence-corrected chi connectivity index (χ2v) is 5.13. The van der Waals surface area contributed by atoms with Gasteiger partial charge in [0.2, 0.25) is 0 Å². The Morgan fingerprint density at radius 1 is 1.05 bits per heavy atom. The fraction of sp³-hybridized carbons (Fsp3) is 0.235. The predicted octanol–water partition coefficient (Wildman–Crippen LogP) is 2.90. The summed E-state index contributed by atoms with van der Waals surface area (Å²) in [4.78, 5) is 14.3. The normalized spacial score (nSPS) is 16.8. The number of carbonyl (C=O) groups excluding carboxylic acids is 1. The standard InChI is InChI=1S/C17H18N2O3/c1-19-16(11-7-5-4-6-8-11)18-13-10-15(22-3)14(21-2)9-12(13)17(19)20/h4-10,16,18H,1-3H3. The van der Waals surface area contributed by atoms with E-state index in [4.69, 9.17) is 9.47 Å². The lowest BCUT2D eigenvalue weighted by Crippen LogP contribution is -2.40. The van der Waals surface area contributed by atoms with E-state index >= 15 is 0 Å². The minimum absolute atomic E-state index is 0.0523. The van der Waals surface area contributed by atoms with Crippen LogP contribution >= 0.6 is 0 Å². The van der Waals surface area contributed by atoms with Crippen molar-refractivity contribution in [2.45, 2.75) is 6.17 Å². The number of nitrogens with zero attached hydrogens (tertiary/aromatic N) is 1. The number of fused-ring (bicyclic) bond motifs is 1. The molecule has 5 nitrogen and oxygen atoms in total. The molecular formula is C17H18N2O3. The summed E-state index contributed by atoms with van der Waals surface area (Å²) in [6, 6.07) is 13.4. The Hall–Kier alpha value is -2.69. The van der Waals surface area contributed by atoms with Crippen LogP contribution in [0.1, 0.15) is 22.1 Å². The van der Waals surface area contributed by atoms with E-state index in [1.54, 1.807) is 38.3 Å². The fourth-order valence-electron chi connectivity index (χ4n) is 2.67. The second kappa shape index (κ2) is 5.60. The van der Waals surface area contributed by atoms with Gasteiger partial charge in [-0.1, -0.05) is 30.3 Å². The van der Waals surface area contributed by atoms with Crippen LogP contribution in [0.2, 0.25) is 0 Å². The van der Waals surface area contributed by atoms with Gasteiger partial charge in [-0.25, -0.2) is 0 Å². The maximum absolute atomic E-state index is 12.7. The van der Waals surface area contributed by atoms with Crippen molar-refractivity contribution in [2.75, 3.05) is 26.6 Å². The van der Waals surface area contributed by atoms with Crippen LogP contribution in [-0.2, 0) is 0 Å². The molecule has 1 aliphatic rings. The smallest absolute Gasteiger partial charge is 0.257 e. The van der Waals surface area contributed by atoms with E-state index in [1.165, 1.54) is 0 Å². The molecule has 3 rings (SSSR count). The number of anilines is 1. The van der Waals surface area contributed by atoms with E-state index < -0.39 is 0 Å². The third kappa shape index (κ3) is 2.24. The molecule has 0 fully saturated rings. The Kier molecular flexibility index (Phi) is 3.63. The molecule has 1 atom stereocenters. The average molecular weight is 298 g/mol. The molecule has 1 amide bonds. The van der Waals surface area contributed by atoms with Crippen LogP contribution in [0.4, 0.5) is 5.69 Å². The van der Waals surface area contributed by atoms with Gasteiger partial charge in [0.05, 0.1) is 25.5 Å². The van der Waals surface area contributed by atoms with Gasteiger partial charge in [0, 0.05) is 13.1 Å². The molecule has 1 aliphatic heterocycles. The first-order chi connectivity index (χ1) is 10.7. The van der Waals surface area contributed by atoms with Crippen LogP contribution < -0.4 is 14.8 Å². The number of methoxy groups -OCH3 is 2. The van der Waals surface area contributed by atoms with Crippen molar-refractivity contribution >= 4 is 11.6 Å². The number of hydrogen-bond acceptors (Lipinski definition) is 4. The molecule has 0 aromatic heterocycles. The molecule has 114 valence electrons. The lowest BCUT2D eigenvalue weighted by molar-refractivity contribution is 0.0735. The topological polar surface area (TPSA) is 50.8 Å². The van der Waals surface area contributed by atoms with E-state index in [0.29, 0.717) is 17.1 Å². The highest BCUT2D eigenvalue weighted by atomic mass is 16.5. The van der Waals surface area contributed by atoms with Crippen LogP contribution in [0.3, 0.4) is 0 Å². The molecule has 1 unspecified atom stereocenters. The quantitative estimate of drug-likeness (QED) is 0.946. The third-order valence-corrected chi connectivity index (χ3v) is 3.87. The number of hydrogen-bond donors (Lipinski definition) is 1. The first-order valence-electron chi connectivity index (χ1n) is 7.00. The summed E-state index contributed by atoms with van der Waals surface area (Å²) in [7, 11) is 4.92. The molecule has 1 N–H and O–H groups in total. The number of rotatable bonds is 3. The molecule has 0 bridgehead atoms. The highest BCUT2D eigenvalue weighted by Crippen LogP contribution is 2.39. The largest absolute Gasteiger partial charge is 0.493 e. The average Bonchev–Trinajstić information content (AvgIpc) is 2.57. The van der Waals surface area contributed by atoms with Crippen molar-refractivity contribution in [3.8, 4) is 11.5 Å². The van der Waals surface area contributed by atoms with Gasteiger partial charge < -0.3 is 19.7 Å². The Bertz CT molecular complexity index is 701. The van der Waals surface area contributed by atoms with Gasteiger partial charge in [0.15, 0.2) is 11.5 Å².